The molecule has 0 atom stereocenters. The van der Waals surface area contributed by atoms with Crippen LogP contribution in [0.2, 0.25) is 5.15 Å². The first-order chi connectivity index (χ1) is 17.9. The minimum Gasteiger partial charge on any atom is -0.390 e. The number of aryl methyl sites for hydroxylation is 1. The molecule has 2 aromatic heterocycles. The summed E-state index contributed by atoms with van der Waals surface area (Å²) >= 11 is 9.73. The molecule has 1 amide bonds. The van der Waals surface area contributed by atoms with Crippen LogP contribution in [0.5, 0.6) is 0 Å². The molecule has 1 aliphatic rings. The zero-order chi connectivity index (χ0) is 27.8. The fraction of sp³-hybridized carbons (Fsp3) is 0.429. The van der Waals surface area contributed by atoms with E-state index in [1.807, 2.05) is 50.9 Å². The molecule has 0 spiro atoms. The van der Waals surface area contributed by atoms with Crippen LogP contribution >= 0.6 is 27.5 Å². The second-order valence-corrected chi connectivity index (χ2v) is 12.0. The summed E-state index contributed by atoms with van der Waals surface area (Å²) in [6.45, 7) is 5.94. The number of hydrogen-bond acceptors (Lipinski definition) is 6. The fourth-order valence-corrected chi connectivity index (χ4v) is 5.47. The second kappa shape index (κ2) is 11.1. The van der Waals surface area contributed by atoms with Gasteiger partial charge in [-0.15, -0.1) is 0 Å². The topological polar surface area (TPSA) is 103 Å². The number of anilines is 1. The number of hydrogen-bond donors (Lipinski definition) is 1. The van der Waals surface area contributed by atoms with E-state index in [0.29, 0.717) is 21.2 Å². The Morgan fingerprint density at radius 2 is 1.84 bits per heavy atom. The third kappa shape index (κ3) is 5.73. The summed E-state index contributed by atoms with van der Waals surface area (Å²) in [6.07, 6.45) is 3.37. The molecular weight excluding hydrogens is 570 g/mol. The minimum absolute atomic E-state index is 0.0597. The molecule has 202 valence electrons. The van der Waals surface area contributed by atoms with Crippen LogP contribution in [0.3, 0.4) is 0 Å². The summed E-state index contributed by atoms with van der Waals surface area (Å²) in [5.74, 6) is -0.578. The summed E-state index contributed by atoms with van der Waals surface area (Å²) in [7, 11) is 3.48. The molecule has 0 unspecified atom stereocenters. The molecule has 0 saturated heterocycles. The van der Waals surface area contributed by atoms with Crippen molar-refractivity contribution in [2.24, 2.45) is 23.9 Å². The Morgan fingerprint density at radius 3 is 2.42 bits per heavy atom. The van der Waals surface area contributed by atoms with E-state index in [9.17, 15) is 9.59 Å². The van der Waals surface area contributed by atoms with Crippen LogP contribution in [0.1, 0.15) is 62.4 Å². The summed E-state index contributed by atoms with van der Waals surface area (Å²) in [4.78, 5) is 38.1. The lowest BCUT2D eigenvalue weighted by atomic mass is 9.80. The smallest absolute Gasteiger partial charge is 0.265 e. The fourth-order valence-electron chi connectivity index (χ4n) is 5.03. The van der Waals surface area contributed by atoms with Gasteiger partial charge >= 0.3 is 0 Å². The normalized spacial score (nSPS) is 18.4. The SMILES string of the molecule is CN(c1c(C(N)=O)c(=O)n(C)c2cc(Br)c(Cl)nc12)C1CCC(/C(=N/OC(C)(C)C)c2ccccc2)CC1. The Kier molecular flexibility index (Phi) is 8.18. The molecule has 2 heterocycles. The molecule has 1 aromatic carbocycles. The van der Waals surface area contributed by atoms with Crippen LogP contribution in [0.15, 0.2) is 50.8 Å². The van der Waals surface area contributed by atoms with E-state index < -0.39 is 17.1 Å². The van der Waals surface area contributed by atoms with E-state index in [2.05, 4.69) is 38.2 Å². The Labute approximate surface area is 235 Å². The molecule has 4 rings (SSSR count). The number of amides is 1. The number of primary amides is 1. The van der Waals surface area contributed by atoms with Gasteiger partial charge in [-0.05, 0) is 74.0 Å². The predicted octanol–water partition coefficient (Wildman–Crippen LogP) is 5.66. The molecule has 2 N–H and O–H groups in total. The van der Waals surface area contributed by atoms with Crippen molar-refractivity contribution in [2.45, 2.75) is 58.1 Å². The lowest BCUT2D eigenvalue weighted by Gasteiger charge is -2.37. The van der Waals surface area contributed by atoms with Crippen LogP contribution in [0.25, 0.3) is 11.0 Å². The van der Waals surface area contributed by atoms with Crippen LogP contribution in [-0.4, -0.2) is 39.9 Å². The molecule has 10 heteroatoms. The van der Waals surface area contributed by atoms with Gasteiger partial charge in [-0.25, -0.2) is 4.98 Å². The van der Waals surface area contributed by atoms with E-state index in [4.69, 9.17) is 22.2 Å². The molecule has 1 saturated carbocycles. The van der Waals surface area contributed by atoms with E-state index in [0.717, 1.165) is 37.0 Å². The first kappa shape index (κ1) is 28.1. The number of benzene rings is 1. The van der Waals surface area contributed by atoms with E-state index in [1.165, 1.54) is 4.57 Å². The molecule has 38 heavy (non-hydrogen) atoms. The summed E-state index contributed by atoms with van der Waals surface area (Å²) in [5, 5.41) is 4.85. The first-order valence-corrected chi connectivity index (χ1v) is 13.8. The number of pyridine rings is 2. The van der Waals surface area contributed by atoms with Crippen LogP contribution in [0, 0.1) is 5.92 Å². The van der Waals surface area contributed by atoms with Crippen molar-refractivity contribution in [3.8, 4) is 0 Å². The molecule has 0 bridgehead atoms. The molecule has 1 fully saturated rings. The van der Waals surface area contributed by atoms with Crippen molar-refractivity contribution in [3.05, 3.63) is 67.5 Å². The summed E-state index contributed by atoms with van der Waals surface area (Å²) < 4.78 is 1.95. The first-order valence-electron chi connectivity index (χ1n) is 12.6. The van der Waals surface area contributed by atoms with E-state index in [-0.39, 0.29) is 22.7 Å². The van der Waals surface area contributed by atoms with Crippen molar-refractivity contribution < 1.29 is 9.63 Å². The van der Waals surface area contributed by atoms with Gasteiger partial charge < -0.3 is 20.0 Å². The number of rotatable bonds is 6. The number of aromatic nitrogens is 2. The van der Waals surface area contributed by atoms with Crippen molar-refractivity contribution in [1.82, 2.24) is 9.55 Å². The van der Waals surface area contributed by atoms with Crippen molar-refractivity contribution in [2.75, 3.05) is 11.9 Å². The highest BCUT2D eigenvalue weighted by Gasteiger charge is 2.32. The predicted molar refractivity (Wildman–Crippen MR) is 156 cm³/mol. The van der Waals surface area contributed by atoms with Crippen molar-refractivity contribution >= 4 is 55.9 Å². The maximum atomic E-state index is 13.2. The quantitative estimate of drug-likeness (QED) is 0.223. The van der Waals surface area contributed by atoms with Gasteiger partial charge in [0.05, 0.1) is 21.4 Å². The molecule has 8 nitrogen and oxygen atoms in total. The standard InChI is InChI=1S/C28H33BrClN5O3/c1-28(2,3)38-33-22(16-9-7-6-8-10-16)17-11-13-18(14-12-17)34(4)24-21(26(31)36)27(37)35(5)20-15-19(29)25(30)32-23(20)24/h6-10,15,17-18H,11-14H2,1-5H3,(H2,31,36)/b33-22+. The Balaban J connectivity index is 1.68. The van der Waals surface area contributed by atoms with Gasteiger partial charge in [0.15, 0.2) is 0 Å². The summed E-state index contributed by atoms with van der Waals surface area (Å²) in [5.41, 5.74) is 8.21. The maximum Gasteiger partial charge on any atom is 0.265 e. The lowest BCUT2D eigenvalue weighted by Crippen LogP contribution is -2.40. The Hall–Kier alpha value is -2.91. The van der Waals surface area contributed by atoms with Gasteiger partial charge in [-0.2, -0.15) is 0 Å². The molecule has 1 aliphatic carbocycles. The molecule has 3 aromatic rings. The number of carbonyl (C=O) groups is 1. The van der Waals surface area contributed by atoms with Crippen molar-refractivity contribution in [1.29, 1.82) is 0 Å². The highest BCUT2D eigenvalue weighted by Crippen LogP contribution is 2.37. The average molecular weight is 603 g/mol. The zero-order valence-electron chi connectivity index (χ0n) is 22.3. The van der Waals surface area contributed by atoms with Crippen LogP contribution < -0.4 is 16.2 Å². The number of oxime groups is 1. The third-order valence-corrected chi connectivity index (χ3v) is 8.09. The largest absolute Gasteiger partial charge is 0.390 e. The number of nitrogens with two attached hydrogens (primary N) is 1. The van der Waals surface area contributed by atoms with Gasteiger partial charge in [0, 0.05) is 26.1 Å². The monoisotopic (exact) mass is 601 g/mol. The number of carbonyl (C=O) groups excluding carboxylic acids is 1. The van der Waals surface area contributed by atoms with Gasteiger partial charge in [0.2, 0.25) is 0 Å². The van der Waals surface area contributed by atoms with Crippen molar-refractivity contribution in [3.63, 3.8) is 0 Å². The third-order valence-electron chi connectivity index (χ3n) is 6.97. The van der Waals surface area contributed by atoms with E-state index >= 15 is 0 Å². The van der Waals surface area contributed by atoms with Gasteiger partial charge in [-0.1, -0.05) is 47.1 Å². The number of halogens is 2. The number of fused-ring (bicyclic) bond motifs is 1. The van der Waals surface area contributed by atoms with E-state index in [1.54, 1.807) is 13.1 Å². The summed E-state index contributed by atoms with van der Waals surface area (Å²) in [6, 6.07) is 11.9. The Morgan fingerprint density at radius 1 is 1.21 bits per heavy atom. The highest BCUT2D eigenvalue weighted by atomic mass is 79.9. The molecule has 0 radical (unpaired) electrons. The van der Waals surface area contributed by atoms with Crippen LogP contribution in [-0.2, 0) is 11.9 Å². The highest BCUT2D eigenvalue weighted by molar-refractivity contribution is 9.10. The van der Waals surface area contributed by atoms with Gasteiger partial charge in [-0.3, -0.25) is 9.59 Å². The maximum absolute atomic E-state index is 13.2. The van der Waals surface area contributed by atoms with Crippen LogP contribution in [0.4, 0.5) is 5.69 Å². The minimum atomic E-state index is -0.790. The van der Waals surface area contributed by atoms with Gasteiger partial charge in [0.25, 0.3) is 11.5 Å². The lowest BCUT2D eigenvalue weighted by molar-refractivity contribution is -0.0000317. The Bertz CT molecular complexity index is 1440. The number of nitrogens with zero attached hydrogens (tertiary/aromatic N) is 4. The average Bonchev–Trinajstić information content (AvgIpc) is 2.87. The second-order valence-electron chi connectivity index (χ2n) is 10.7. The molecular formula is C28H33BrClN5O3. The zero-order valence-corrected chi connectivity index (χ0v) is 24.6. The van der Waals surface area contributed by atoms with Gasteiger partial charge in [0.1, 0.15) is 21.8 Å². The molecule has 0 aliphatic heterocycles.